The molecule has 2 nitrogen and oxygen atoms in total. The van der Waals surface area contributed by atoms with Gasteiger partial charge in [-0.25, -0.2) is 5.06 Å². The zero-order valence-electron chi connectivity index (χ0n) is 8.17. The summed E-state index contributed by atoms with van der Waals surface area (Å²) in [5.41, 5.74) is 3.05. The second-order valence-electron chi connectivity index (χ2n) is 3.74. The molecule has 74 valence electrons. The van der Waals surface area contributed by atoms with Crippen LogP contribution in [0.4, 0.5) is 5.69 Å². The average molecular weight is 197 g/mol. The fraction of sp³-hybridized carbons (Fsp3) is 0.0769. The summed E-state index contributed by atoms with van der Waals surface area (Å²) in [6.07, 6.45) is 10.1. The maximum absolute atomic E-state index is 10.1. The SMILES string of the molecule is ON1c2ccccc2C=C2C=CC=CC21. The number of para-hydroxylation sites is 1. The van der Waals surface area contributed by atoms with Crippen LogP contribution in [0.2, 0.25) is 0 Å². The van der Waals surface area contributed by atoms with Crippen molar-refractivity contribution in [2.75, 3.05) is 5.06 Å². The molecule has 2 aliphatic rings. The maximum Gasteiger partial charge on any atom is 0.0997 e. The van der Waals surface area contributed by atoms with Crippen LogP contribution >= 0.6 is 0 Å². The van der Waals surface area contributed by atoms with E-state index in [9.17, 15) is 5.21 Å². The summed E-state index contributed by atoms with van der Waals surface area (Å²) >= 11 is 0. The Kier molecular flexibility index (Phi) is 1.76. The van der Waals surface area contributed by atoms with Gasteiger partial charge in [-0.3, -0.25) is 5.21 Å². The summed E-state index contributed by atoms with van der Waals surface area (Å²) in [5.74, 6) is 0. The van der Waals surface area contributed by atoms with Crippen molar-refractivity contribution in [2.45, 2.75) is 6.04 Å². The molecule has 0 amide bonds. The predicted molar refractivity (Wildman–Crippen MR) is 60.8 cm³/mol. The molecular weight excluding hydrogens is 186 g/mol. The number of allylic oxidation sites excluding steroid dienone is 2. The Morgan fingerprint density at radius 1 is 1.13 bits per heavy atom. The molecule has 1 N–H and O–H groups in total. The third kappa shape index (κ3) is 1.22. The van der Waals surface area contributed by atoms with Gasteiger partial charge in [-0.1, -0.05) is 42.5 Å². The second kappa shape index (κ2) is 3.11. The number of hydrogen-bond acceptors (Lipinski definition) is 2. The smallest absolute Gasteiger partial charge is 0.0997 e. The van der Waals surface area contributed by atoms with E-state index in [1.54, 1.807) is 0 Å². The minimum Gasteiger partial charge on any atom is -0.287 e. The van der Waals surface area contributed by atoms with Crippen LogP contribution in [0.25, 0.3) is 6.08 Å². The second-order valence-corrected chi connectivity index (χ2v) is 3.74. The highest BCUT2D eigenvalue weighted by atomic mass is 16.5. The van der Waals surface area contributed by atoms with Crippen molar-refractivity contribution in [1.82, 2.24) is 0 Å². The summed E-state index contributed by atoms with van der Waals surface area (Å²) in [4.78, 5) is 0. The van der Waals surface area contributed by atoms with Gasteiger partial charge in [-0.15, -0.1) is 0 Å². The van der Waals surface area contributed by atoms with Gasteiger partial charge in [0.15, 0.2) is 0 Å². The highest BCUT2D eigenvalue weighted by Crippen LogP contribution is 2.33. The topological polar surface area (TPSA) is 23.5 Å². The molecule has 1 heterocycles. The summed E-state index contributed by atoms with van der Waals surface area (Å²) in [5, 5.41) is 11.4. The fourth-order valence-corrected chi connectivity index (χ4v) is 2.05. The lowest BCUT2D eigenvalue weighted by molar-refractivity contribution is 0.243. The van der Waals surface area contributed by atoms with Crippen molar-refractivity contribution in [3.8, 4) is 0 Å². The minimum atomic E-state index is -0.0371. The number of hydrogen-bond donors (Lipinski definition) is 1. The summed E-state index contributed by atoms with van der Waals surface area (Å²) < 4.78 is 0. The summed E-state index contributed by atoms with van der Waals surface area (Å²) in [7, 11) is 0. The van der Waals surface area contributed by atoms with Crippen LogP contribution < -0.4 is 5.06 Å². The highest BCUT2D eigenvalue weighted by molar-refractivity contribution is 5.76. The van der Waals surface area contributed by atoms with Gasteiger partial charge in [-0.2, -0.15) is 0 Å². The van der Waals surface area contributed by atoms with Crippen LogP contribution in [0.1, 0.15) is 5.56 Å². The molecule has 0 saturated heterocycles. The molecule has 1 aromatic carbocycles. The lowest BCUT2D eigenvalue weighted by Gasteiger charge is -2.32. The van der Waals surface area contributed by atoms with E-state index >= 15 is 0 Å². The van der Waals surface area contributed by atoms with Gasteiger partial charge in [-0.05, 0) is 17.7 Å². The van der Waals surface area contributed by atoms with Crippen LogP contribution in [0.15, 0.2) is 54.1 Å². The molecule has 1 unspecified atom stereocenters. The molecule has 2 heteroatoms. The van der Waals surface area contributed by atoms with Gasteiger partial charge in [0.25, 0.3) is 0 Å². The van der Waals surface area contributed by atoms with Gasteiger partial charge < -0.3 is 0 Å². The third-order valence-electron chi connectivity index (χ3n) is 2.80. The van der Waals surface area contributed by atoms with E-state index in [2.05, 4.69) is 6.08 Å². The fourth-order valence-electron chi connectivity index (χ4n) is 2.05. The van der Waals surface area contributed by atoms with E-state index < -0.39 is 0 Å². The largest absolute Gasteiger partial charge is 0.287 e. The third-order valence-corrected chi connectivity index (χ3v) is 2.80. The van der Waals surface area contributed by atoms with E-state index in [4.69, 9.17) is 0 Å². The van der Waals surface area contributed by atoms with Crippen molar-refractivity contribution >= 4 is 11.8 Å². The van der Waals surface area contributed by atoms with E-state index in [1.165, 1.54) is 5.06 Å². The van der Waals surface area contributed by atoms with Crippen LogP contribution in [-0.4, -0.2) is 11.2 Å². The van der Waals surface area contributed by atoms with Gasteiger partial charge in [0.2, 0.25) is 0 Å². The Morgan fingerprint density at radius 3 is 2.93 bits per heavy atom. The Bertz CT molecular complexity index is 485. The molecule has 0 fully saturated rings. The number of hydroxylamine groups is 1. The number of anilines is 1. The first kappa shape index (κ1) is 8.50. The van der Waals surface area contributed by atoms with Crippen molar-refractivity contribution in [1.29, 1.82) is 0 Å². The van der Waals surface area contributed by atoms with E-state index in [1.807, 2.05) is 48.6 Å². The molecule has 0 saturated carbocycles. The van der Waals surface area contributed by atoms with Crippen molar-refractivity contribution in [3.63, 3.8) is 0 Å². The van der Waals surface area contributed by atoms with Crippen LogP contribution in [0.3, 0.4) is 0 Å². The molecular formula is C13H11NO. The molecule has 3 rings (SSSR count). The standard InChI is InChI=1S/C13H11NO/c15-14-12-7-3-1-5-10(12)9-11-6-2-4-8-13(11)14/h1-9,12,15H. The van der Waals surface area contributed by atoms with E-state index in [0.29, 0.717) is 0 Å². The molecule has 0 radical (unpaired) electrons. The molecule has 0 spiro atoms. The van der Waals surface area contributed by atoms with Crippen LogP contribution in [0.5, 0.6) is 0 Å². The lowest BCUT2D eigenvalue weighted by Crippen LogP contribution is -2.35. The first-order valence-corrected chi connectivity index (χ1v) is 5.00. The van der Waals surface area contributed by atoms with E-state index in [0.717, 1.165) is 16.8 Å². The first-order valence-electron chi connectivity index (χ1n) is 5.00. The Morgan fingerprint density at radius 2 is 2.00 bits per heavy atom. The Labute approximate surface area is 88.4 Å². The van der Waals surface area contributed by atoms with E-state index in [-0.39, 0.29) is 6.04 Å². The van der Waals surface area contributed by atoms with Crippen LogP contribution in [0, 0.1) is 0 Å². The van der Waals surface area contributed by atoms with Crippen molar-refractivity contribution < 1.29 is 5.21 Å². The molecule has 0 aromatic heterocycles. The quantitative estimate of drug-likeness (QED) is 0.691. The monoisotopic (exact) mass is 197 g/mol. The Balaban J connectivity index is 2.19. The number of benzene rings is 1. The predicted octanol–water partition coefficient (Wildman–Crippen LogP) is 2.77. The zero-order valence-corrected chi connectivity index (χ0v) is 8.17. The average Bonchev–Trinajstić information content (AvgIpc) is 2.30. The summed E-state index contributed by atoms with van der Waals surface area (Å²) in [6.45, 7) is 0. The summed E-state index contributed by atoms with van der Waals surface area (Å²) in [6, 6.07) is 7.81. The van der Waals surface area contributed by atoms with Crippen LogP contribution in [-0.2, 0) is 0 Å². The minimum absolute atomic E-state index is 0.0371. The highest BCUT2D eigenvalue weighted by Gasteiger charge is 2.24. The van der Waals surface area contributed by atoms with Crippen molar-refractivity contribution in [2.24, 2.45) is 0 Å². The molecule has 1 aliphatic heterocycles. The van der Waals surface area contributed by atoms with Crippen molar-refractivity contribution in [3.05, 3.63) is 59.7 Å². The molecule has 0 bridgehead atoms. The lowest BCUT2D eigenvalue weighted by atomic mass is 9.94. The molecule has 15 heavy (non-hydrogen) atoms. The number of fused-ring (bicyclic) bond motifs is 2. The van der Waals surface area contributed by atoms with Gasteiger partial charge in [0.05, 0.1) is 11.7 Å². The van der Waals surface area contributed by atoms with Gasteiger partial charge >= 0.3 is 0 Å². The van der Waals surface area contributed by atoms with Gasteiger partial charge in [0, 0.05) is 5.56 Å². The maximum atomic E-state index is 10.1. The first-order chi connectivity index (χ1) is 7.36. The Hall–Kier alpha value is -1.80. The number of nitrogens with zero attached hydrogens (tertiary/aromatic N) is 1. The van der Waals surface area contributed by atoms with Gasteiger partial charge in [0.1, 0.15) is 0 Å². The molecule has 1 aliphatic carbocycles. The molecule has 1 atom stereocenters. The normalized spacial score (nSPS) is 22.1. The number of rotatable bonds is 0. The zero-order chi connectivity index (χ0) is 10.3. The molecule has 1 aromatic rings.